The van der Waals surface area contributed by atoms with Crippen LogP contribution < -0.4 is 0 Å². The first-order chi connectivity index (χ1) is 11.0. The summed E-state index contributed by atoms with van der Waals surface area (Å²) in [5, 5.41) is 10.5. The molecule has 0 aliphatic carbocycles. The summed E-state index contributed by atoms with van der Waals surface area (Å²) in [4.78, 5) is 10.3. The van der Waals surface area contributed by atoms with Gasteiger partial charge >= 0.3 is 0 Å². The third-order valence-corrected chi connectivity index (χ3v) is 5.19. The average Bonchev–Trinajstić information content (AvgIpc) is 2.55. The van der Waals surface area contributed by atoms with Crippen LogP contribution in [-0.2, 0) is 16.6 Å². The molecule has 6 nitrogen and oxygen atoms in total. The Morgan fingerprint density at radius 2 is 1.52 bits per heavy atom. The summed E-state index contributed by atoms with van der Waals surface area (Å²) in [6.45, 7) is 0.0402. The van der Waals surface area contributed by atoms with Gasteiger partial charge in [-0.15, -0.1) is 0 Å². The molecule has 0 fully saturated rings. The third-order valence-electron chi connectivity index (χ3n) is 3.33. The van der Waals surface area contributed by atoms with Gasteiger partial charge in [0.15, 0.2) is 0 Å². The van der Waals surface area contributed by atoms with Crippen molar-refractivity contribution in [3.05, 3.63) is 76.3 Å². The number of hydrogen-bond acceptors (Lipinski definition) is 4. The van der Waals surface area contributed by atoms with Crippen LogP contribution in [0.3, 0.4) is 0 Å². The lowest BCUT2D eigenvalue weighted by Crippen LogP contribution is -2.32. The van der Waals surface area contributed by atoms with E-state index >= 15 is 0 Å². The van der Waals surface area contributed by atoms with Crippen molar-refractivity contribution in [1.29, 1.82) is 0 Å². The second-order valence-corrected chi connectivity index (χ2v) is 6.99. The van der Waals surface area contributed by atoms with Gasteiger partial charge in [0.1, 0.15) is 0 Å². The Bertz CT molecular complexity index is 733. The van der Waals surface area contributed by atoms with Gasteiger partial charge in [-0.05, 0) is 17.7 Å². The fourth-order valence-corrected chi connectivity index (χ4v) is 3.68. The Kier molecular flexibility index (Phi) is 5.84. The van der Waals surface area contributed by atoms with Crippen molar-refractivity contribution in [2.24, 2.45) is 0 Å². The van der Waals surface area contributed by atoms with E-state index in [1.807, 2.05) is 30.3 Å². The van der Waals surface area contributed by atoms with Gasteiger partial charge in [0.2, 0.25) is 16.6 Å². The topological polar surface area (TPSA) is 80.5 Å². The van der Waals surface area contributed by atoms with Gasteiger partial charge in [-0.3, -0.25) is 10.1 Å². The van der Waals surface area contributed by atoms with E-state index in [1.54, 1.807) is 18.2 Å². The third kappa shape index (κ3) is 4.87. The van der Waals surface area contributed by atoms with Gasteiger partial charge in [0, 0.05) is 24.4 Å². The molecule has 0 radical (unpaired) electrons. The maximum Gasteiger partial charge on any atom is 0.243 e. The van der Waals surface area contributed by atoms with Crippen LogP contribution in [-0.4, -0.2) is 30.7 Å². The minimum atomic E-state index is -3.69. The van der Waals surface area contributed by atoms with E-state index in [4.69, 9.17) is 0 Å². The van der Waals surface area contributed by atoms with Gasteiger partial charge in [0.25, 0.3) is 0 Å². The second kappa shape index (κ2) is 7.85. The van der Waals surface area contributed by atoms with Crippen molar-refractivity contribution in [1.82, 2.24) is 4.31 Å². The molecule has 0 spiro atoms. The lowest BCUT2D eigenvalue weighted by Gasteiger charge is -2.21. The fourth-order valence-electron chi connectivity index (χ4n) is 2.19. The molecule has 0 aliphatic rings. The molecule has 0 saturated heterocycles. The summed E-state index contributed by atoms with van der Waals surface area (Å²) in [6.07, 6.45) is 0.173. The lowest BCUT2D eigenvalue weighted by atomic mass is 10.2. The van der Waals surface area contributed by atoms with Crippen molar-refractivity contribution in [3.63, 3.8) is 0 Å². The summed E-state index contributed by atoms with van der Waals surface area (Å²) in [5.74, 6) is 0. The summed E-state index contributed by atoms with van der Waals surface area (Å²) in [6, 6.07) is 17.3. The monoisotopic (exact) mass is 334 g/mol. The Balaban J connectivity index is 2.23. The normalized spacial score (nSPS) is 11.5. The predicted molar refractivity (Wildman–Crippen MR) is 87.0 cm³/mol. The molecule has 0 saturated carbocycles. The molecule has 0 N–H and O–H groups in total. The average molecular weight is 334 g/mol. The molecule has 0 atom stereocenters. The van der Waals surface area contributed by atoms with Crippen LogP contribution in [0.25, 0.3) is 0 Å². The Hall–Kier alpha value is -2.25. The van der Waals surface area contributed by atoms with Crippen LogP contribution in [0.5, 0.6) is 0 Å². The van der Waals surface area contributed by atoms with E-state index in [1.165, 1.54) is 16.4 Å². The molecule has 2 aromatic carbocycles. The Morgan fingerprint density at radius 1 is 0.957 bits per heavy atom. The van der Waals surface area contributed by atoms with Crippen LogP contribution >= 0.6 is 0 Å². The number of sulfonamides is 1. The summed E-state index contributed by atoms with van der Waals surface area (Å²) < 4.78 is 26.8. The highest BCUT2D eigenvalue weighted by molar-refractivity contribution is 7.89. The maximum absolute atomic E-state index is 12.8. The van der Waals surface area contributed by atoms with E-state index in [0.717, 1.165) is 5.56 Å². The van der Waals surface area contributed by atoms with Crippen LogP contribution in [0.1, 0.15) is 12.0 Å². The van der Waals surface area contributed by atoms with E-state index in [9.17, 15) is 18.5 Å². The zero-order chi connectivity index (χ0) is 16.7. The minimum Gasteiger partial charge on any atom is -0.265 e. The van der Waals surface area contributed by atoms with Crippen LogP contribution in [0.15, 0.2) is 65.6 Å². The van der Waals surface area contributed by atoms with Crippen molar-refractivity contribution in [3.8, 4) is 0 Å². The number of nitrogens with zero attached hydrogens (tertiary/aromatic N) is 2. The van der Waals surface area contributed by atoms with Gasteiger partial charge in [0.05, 0.1) is 4.90 Å². The first-order valence-electron chi connectivity index (χ1n) is 7.21. The van der Waals surface area contributed by atoms with Crippen molar-refractivity contribution in [2.75, 3.05) is 13.1 Å². The lowest BCUT2D eigenvalue weighted by molar-refractivity contribution is -0.480. The van der Waals surface area contributed by atoms with Crippen LogP contribution in [0, 0.1) is 10.1 Å². The molecule has 23 heavy (non-hydrogen) atoms. The molecule has 0 amide bonds. The fraction of sp³-hybridized carbons (Fsp3) is 0.250. The van der Waals surface area contributed by atoms with E-state index in [2.05, 4.69) is 0 Å². The van der Waals surface area contributed by atoms with Crippen molar-refractivity contribution in [2.45, 2.75) is 17.9 Å². The Morgan fingerprint density at radius 3 is 2.09 bits per heavy atom. The number of benzene rings is 2. The summed E-state index contributed by atoms with van der Waals surface area (Å²) in [7, 11) is -3.69. The molecule has 7 heteroatoms. The number of nitro groups is 1. The summed E-state index contributed by atoms with van der Waals surface area (Å²) >= 11 is 0. The largest absolute Gasteiger partial charge is 0.265 e. The van der Waals surface area contributed by atoms with E-state index in [-0.39, 0.29) is 31.0 Å². The van der Waals surface area contributed by atoms with Crippen molar-refractivity contribution >= 4 is 10.0 Å². The quantitative estimate of drug-likeness (QED) is 0.549. The first-order valence-corrected chi connectivity index (χ1v) is 8.65. The zero-order valence-electron chi connectivity index (χ0n) is 12.5. The molecule has 0 aromatic heterocycles. The molecular formula is C16H18N2O4S. The maximum atomic E-state index is 12.8. The molecule has 2 rings (SSSR count). The smallest absolute Gasteiger partial charge is 0.243 e. The molecule has 122 valence electrons. The standard InChI is InChI=1S/C16H18N2O4S/c19-18(20)13-7-12-17(14-15-8-3-1-4-9-15)23(21,22)16-10-5-2-6-11-16/h1-6,8-11H,7,12-14H2. The van der Waals surface area contributed by atoms with Crippen LogP contribution in [0.4, 0.5) is 0 Å². The molecule has 2 aromatic rings. The SMILES string of the molecule is O=[N+]([O-])CCCN(Cc1ccccc1)S(=O)(=O)c1ccccc1. The van der Waals surface area contributed by atoms with Crippen LogP contribution in [0.2, 0.25) is 0 Å². The van der Waals surface area contributed by atoms with Gasteiger partial charge in [-0.25, -0.2) is 8.42 Å². The van der Waals surface area contributed by atoms with Gasteiger partial charge < -0.3 is 0 Å². The molecule has 0 aliphatic heterocycles. The minimum absolute atomic E-state index is 0.104. The predicted octanol–water partition coefficient (Wildman–Crippen LogP) is 2.54. The molecular weight excluding hydrogens is 316 g/mol. The first kappa shape index (κ1) is 17.1. The highest BCUT2D eigenvalue weighted by Gasteiger charge is 2.24. The molecule has 0 bridgehead atoms. The Labute approximate surface area is 135 Å². The molecule has 0 heterocycles. The van der Waals surface area contributed by atoms with Crippen molar-refractivity contribution < 1.29 is 13.3 Å². The summed E-state index contributed by atoms with van der Waals surface area (Å²) in [5.41, 5.74) is 0.841. The number of hydrogen-bond donors (Lipinski definition) is 0. The van der Waals surface area contributed by atoms with E-state index < -0.39 is 14.9 Å². The van der Waals surface area contributed by atoms with Gasteiger partial charge in [-0.2, -0.15) is 4.31 Å². The van der Waals surface area contributed by atoms with Gasteiger partial charge in [-0.1, -0.05) is 48.5 Å². The molecule has 0 unspecified atom stereocenters. The highest BCUT2D eigenvalue weighted by Crippen LogP contribution is 2.18. The van der Waals surface area contributed by atoms with E-state index in [0.29, 0.717) is 0 Å². The number of rotatable bonds is 8. The second-order valence-electron chi connectivity index (χ2n) is 5.05. The highest BCUT2D eigenvalue weighted by atomic mass is 32.2. The zero-order valence-corrected chi connectivity index (χ0v) is 13.4.